The number of anilines is 1. The minimum Gasteiger partial charge on any atom is -0.394 e. The first-order valence-electron chi connectivity index (χ1n) is 11.1. The van der Waals surface area contributed by atoms with Crippen LogP contribution in [-0.4, -0.2) is 68.6 Å². The molecule has 9 nitrogen and oxygen atoms in total. The van der Waals surface area contributed by atoms with E-state index in [0.29, 0.717) is 35.2 Å². The normalized spacial score (nSPS) is 15.0. The highest BCUT2D eigenvalue weighted by Crippen LogP contribution is 2.27. The van der Waals surface area contributed by atoms with Crippen molar-refractivity contribution in [3.63, 3.8) is 0 Å². The molecule has 0 saturated carbocycles. The third-order valence-corrected chi connectivity index (χ3v) is 5.65. The zero-order chi connectivity index (χ0) is 23.4. The molecule has 0 radical (unpaired) electrons. The SMILES string of the molecule is CC(C)Nc1ncc(-c2nc(-c3ccc4c(c3)CCN(C[C@@H](O)CO)CC4)no2)cc1C#N. The smallest absolute Gasteiger partial charge is 0.259 e. The largest absolute Gasteiger partial charge is 0.394 e. The van der Waals surface area contributed by atoms with Crippen LogP contribution in [0.25, 0.3) is 22.8 Å². The fourth-order valence-corrected chi connectivity index (χ4v) is 3.96. The molecule has 2 aromatic heterocycles. The Bertz CT molecular complexity index is 1150. The fraction of sp³-hybridized carbons (Fsp3) is 0.417. The molecule has 0 spiro atoms. The van der Waals surface area contributed by atoms with Crippen molar-refractivity contribution >= 4 is 5.82 Å². The van der Waals surface area contributed by atoms with Crippen LogP contribution in [-0.2, 0) is 12.8 Å². The van der Waals surface area contributed by atoms with Crippen LogP contribution in [0.2, 0.25) is 0 Å². The molecule has 0 bridgehead atoms. The second-order valence-corrected chi connectivity index (χ2v) is 8.57. The van der Waals surface area contributed by atoms with Crippen molar-refractivity contribution < 1.29 is 14.7 Å². The first-order chi connectivity index (χ1) is 16.0. The summed E-state index contributed by atoms with van der Waals surface area (Å²) in [7, 11) is 0. The number of nitriles is 1. The third-order valence-electron chi connectivity index (χ3n) is 5.65. The molecule has 172 valence electrons. The van der Waals surface area contributed by atoms with Gasteiger partial charge in [0.2, 0.25) is 5.82 Å². The molecule has 3 heterocycles. The second-order valence-electron chi connectivity index (χ2n) is 8.57. The maximum Gasteiger partial charge on any atom is 0.259 e. The summed E-state index contributed by atoms with van der Waals surface area (Å²) in [6.07, 6.45) is 2.62. The van der Waals surface area contributed by atoms with E-state index in [9.17, 15) is 10.4 Å². The minimum atomic E-state index is -0.717. The zero-order valence-corrected chi connectivity index (χ0v) is 18.8. The van der Waals surface area contributed by atoms with Gasteiger partial charge in [0.25, 0.3) is 5.89 Å². The number of β-amino-alcohol motifs (C(OH)–C–C–N with tert-alkyl or cyclic N) is 1. The van der Waals surface area contributed by atoms with E-state index in [2.05, 4.69) is 43.5 Å². The van der Waals surface area contributed by atoms with Gasteiger partial charge in [-0.1, -0.05) is 17.3 Å². The molecule has 0 aliphatic carbocycles. The van der Waals surface area contributed by atoms with Crippen molar-refractivity contribution in [1.82, 2.24) is 20.0 Å². The van der Waals surface area contributed by atoms with Crippen LogP contribution in [0.15, 0.2) is 35.0 Å². The number of fused-ring (bicyclic) bond motifs is 1. The van der Waals surface area contributed by atoms with Crippen LogP contribution < -0.4 is 5.32 Å². The van der Waals surface area contributed by atoms with Gasteiger partial charge in [-0.2, -0.15) is 10.2 Å². The van der Waals surface area contributed by atoms with Crippen molar-refractivity contribution in [2.75, 3.05) is 31.6 Å². The van der Waals surface area contributed by atoms with Gasteiger partial charge in [-0.25, -0.2) is 4.98 Å². The average molecular weight is 449 g/mol. The summed E-state index contributed by atoms with van der Waals surface area (Å²) in [6, 6.07) is 10.2. The maximum absolute atomic E-state index is 9.75. The minimum absolute atomic E-state index is 0.158. The first kappa shape index (κ1) is 22.9. The number of pyridine rings is 1. The molecule has 9 heteroatoms. The Morgan fingerprint density at radius 1 is 1.18 bits per heavy atom. The predicted molar refractivity (Wildman–Crippen MR) is 123 cm³/mol. The number of hydrogen-bond acceptors (Lipinski definition) is 9. The first-order valence-corrected chi connectivity index (χ1v) is 11.1. The molecule has 1 aliphatic rings. The summed E-state index contributed by atoms with van der Waals surface area (Å²) in [5, 5.41) is 35.6. The number of aromatic nitrogens is 3. The van der Waals surface area contributed by atoms with Gasteiger partial charge in [-0.3, -0.25) is 0 Å². The van der Waals surface area contributed by atoms with Crippen LogP contribution in [0.5, 0.6) is 0 Å². The highest BCUT2D eigenvalue weighted by Gasteiger charge is 2.19. The van der Waals surface area contributed by atoms with Crippen molar-refractivity contribution in [3.05, 3.63) is 47.2 Å². The molecule has 0 amide bonds. The lowest BCUT2D eigenvalue weighted by Gasteiger charge is -2.21. The quantitative estimate of drug-likeness (QED) is 0.498. The summed E-state index contributed by atoms with van der Waals surface area (Å²) < 4.78 is 5.48. The van der Waals surface area contributed by atoms with Crippen LogP contribution in [0.4, 0.5) is 5.82 Å². The van der Waals surface area contributed by atoms with Gasteiger partial charge in [-0.15, -0.1) is 0 Å². The molecular weight excluding hydrogens is 420 g/mol. The third kappa shape index (κ3) is 5.37. The molecule has 3 aromatic rings. The van der Waals surface area contributed by atoms with E-state index in [1.807, 2.05) is 19.9 Å². The Morgan fingerprint density at radius 3 is 2.70 bits per heavy atom. The molecule has 0 saturated heterocycles. The van der Waals surface area contributed by atoms with Crippen LogP contribution >= 0.6 is 0 Å². The van der Waals surface area contributed by atoms with E-state index in [1.165, 1.54) is 11.1 Å². The monoisotopic (exact) mass is 448 g/mol. The molecule has 3 N–H and O–H groups in total. The summed E-state index contributed by atoms with van der Waals surface area (Å²) in [5.74, 6) is 1.32. The maximum atomic E-state index is 9.75. The van der Waals surface area contributed by atoms with E-state index in [0.717, 1.165) is 31.5 Å². The van der Waals surface area contributed by atoms with Gasteiger partial charge in [-0.05, 0) is 49.9 Å². The average Bonchev–Trinajstić information content (AvgIpc) is 3.22. The second kappa shape index (κ2) is 10.1. The lowest BCUT2D eigenvalue weighted by atomic mass is 10.00. The molecular formula is C24H28N6O3. The lowest BCUT2D eigenvalue weighted by Crippen LogP contribution is -2.35. The Morgan fingerprint density at radius 2 is 1.97 bits per heavy atom. The van der Waals surface area contributed by atoms with E-state index < -0.39 is 6.10 Å². The molecule has 0 unspecified atom stereocenters. The Labute approximate surface area is 192 Å². The lowest BCUT2D eigenvalue weighted by molar-refractivity contribution is 0.0605. The van der Waals surface area contributed by atoms with Gasteiger partial charge in [0, 0.05) is 37.4 Å². The summed E-state index contributed by atoms with van der Waals surface area (Å²) in [6.45, 7) is 5.86. The summed E-state index contributed by atoms with van der Waals surface area (Å²) in [5.41, 5.74) is 4.35. The van der Waals surface area contributed by atoms with Gasteiger partial charge in [0.05, 0.1) is 23.8 Å². The summed E-state index contributed by atoms with van der Waals surface area (Å²) in [4.78, 5) is 11.1. The number of nitrogens with one attached hydrogen (secondary N) is 1. The number of aliphatic hydroxyl groups excluding tert-OH is 2. The molecule has 1 aromatic carbocycles. The summed E-state index contributed by atoms with van der Waals surface area (Å²) >= 11 is 0. The van der Waals surface area contributed by atoms with E-state index >= 15 is 0 Å². The highest BCUT2D eigenvalue weighted by molar-refractivity contribution is 5.65. The van der Waals surface area contributed by atoms with Gasteiger partial charge < -0.3 is 25.0 Å². The zero-order valence-electron chi connectivity index (χ0n) is 18.8. The standard InChI is InChI=1S/C24H28N6O3/c1-15(2)27-22-19(11-25)10-20(12-26-22)24-28-23(29-33-24)18-4-3-16-5-7-30(13-21(32)14-31)8-6-17(16)9-18/h3-4,9-10,12,15,21,31-32H,5-8,13-14H2,1-2H3,(H,26,27)/t21-/m1/s1. The van der Waals surface area contributed by atoms with Crippen molar-refractivity contribution in [2.45, 2.75) is 38.8 Å². The van der Waals surface area contributed by atoms with Gasteiger partial charge in [0.1, 0.15) is 11.9 Å². The molecule has 1 aliphatic heterocycles. The predicted octanol–water partition coefficient (Wildman–Crippen LogP) is 2.24. The van der Waals surface area contributed by atoms with Crippen LogP contribution in [0.1, 0.15) is 30.5 Å². The molecule has 33 heavy (non-hydrogen) atoms. The Balaban J connectivity index is 1.53. The van der Waals surface area contributed by atoms with E-state index in [-0.39, 0.29) is 12.6 Å². The highest BCUT2D eigenvalue weighted by atomic mass is 16.5. The number of aliphatic hydroxyl groups is 2. The molecule has 4 rings (SSSR count). The molecule has 0 fully saturated rings. The van der Waals surface area contributed by atoms with Crippen LogP contribution in [0.3, 0.4) is 0 Å². The van der Waals surface area contributed by atoms with Gasteiger partial charge >= 0.3 is 0 Å². The number of nitrogens with zero attached hydrogens (tertiary/aromatic N) is 5. The number of benzene rings is 1. The topological polar surface area (TPSA) is 131 Å². The van der Waals surface area contributed by atoms with Gasteiger partial charge in [0.15, 0.2) is 0 Å². The molecule has 1 atom stereocenters. The van der Waals surface area contributed by atoms with Crippen molar-refractivity contribution in [2.24, 2.45) is 0 Å². The Hall–Kier alpha value is -3.32. The Kier molecular flexibility index (Phi) is 6.99. The van der Waals surface area contributed by atoms with E-state index in [4.69, 9.17) is 9.63 Å². The van der Waals surface area contributed by atoms with Crippen molar-refractivity contribution in [1.29, 1.82) is 5.26 Å². The van der Waals surface area contributed by atoms with Crippen LogP contribution in [0, 0.1) is 11.3 Å². The fourth-order valence-electron chi connectivity index (χ4n) is 3.96. The van der Waals surface area contributed by atoms with E-state index in [1.54, 1.807) is 12.3 Å². The van der Waals surface area contributed by atoms with Crippen molar-refractivity contribution in [3.8, 4) is 28.9 Å². The number of hydrogen-bond donors (Lipinski definition) is 3. The number of rotatable bonds is 7.